The number of amides is 1. The molecule has 0 radical (unpaired) electrons. The summed E-state index contributed by atoms with van der Waals surface area (Å²) in [5.74, 6) is -0.172. The highest BCUT2D eigenvalue weighted by Gasteiger charge is 2.13. The molecule has 0 aliphatic rings. The molecule has 0 saturated carbocycles. The number of nitrogens with two attached hydrogens (primary N) is 1. The normalized spacial score (nSPS) is 11.5. The number of oxime groups is 1. The van der Waals surface area contributed by atoms with Crippen molar-refractivity contribution >= 4 is 22.5 Å². The molecule has 0 aliphatic heterocycles. The molecule has 0 heterocycles. The Labute approximate surface area is 110 Å². The van der Waals surface area contributed by atoms with Crippen LogP contribution >= 0.6 is 0 Å². The maximum Gasteiger partial charge on any atom is 0.254 e. The van der Waals surface area contributed by atoms with Crippen molar-refractivity contribution in [1.82, 2.24) is 4.90 Å². The number of benzene rings is 2. The molecule has 98 valence electrons. The van der Waals surface area contributed by atoms with Gasteiger partial charge in [0.05, 0.1) is 6.54 Å². The van der Waals surface area contributed by atoms with Crippen LogP contribution in [-0.2, 0) is 0 Å². The van der Waals surface area contributed by atoms with E-state index >= 15 is 0 Å². The largest absolute Gasteiger partial charge is 0.409 e. The number of hydrogen-bond acceptors (Lipinski definition) is 3. The molecule has 0 atom stereocenters. The van der Waals surface area contributed by atoms with Crippen LogP contribution in [0.5, 0.6) is 0 Å². The van der Waals surface area contributed by atoms with E-state index in [4.69, 9.17) is 10.9 Å². The van der Waals surface area contributed by atoms with Crippen LogP contribution in [0.3, 0.4) is 0 Å². The van der Waals surface area contributed by atoms with Gasteiger partial charge in [-0.15, -0.1) is 0 Å². The molecule has 5 nitrogen and oxygen atoms in total. The van der Waals surface area contributed by atoms with Gasteiger partial charge in [0.1, 0.15) is 0 Å². The molecular formula is C14H15N3O2. The van der Waals surface area contributed by atoms with Gasteiger partial charge in [0, 0.05) is 12.6 Å². The Morgan fingerprint density at radius 1 is 1.26 bits per heavy atom. The molecule has 0 bridgehead atoms. The van der Waals surface area contributed by atoms with Crippen LogP contribution in [0, 0.1) is 0 Å². The fourth-order valence-corrected chi connectivity index (χ4v) is 1.89. The second kappa shape index (κ2) is 5.39. The van der Waals surface area contributed by atoms with Crippen LogP contribution in [0.25, 0.3) is 10.8 Å². The fraction of sp³-hybridized carbons (Fsp3) is 0.143. The second-order valence-corrected chi connectivity index (χ2v) is 4.31. The minimum absolute atomic E-state index is 0.00311. The van der Waals surface area contributed by atoms with Crippen molar-refractivity contribution in [3.05, 3.63) is 48.0 Å². The molecule has 19 heavy (non-hydrogen) atoms. The van der Waals surface area contributed by atoms with Crippen molar-refractivity contribution < 1.29 is 10.0 Å². The van der Waals surface area contributed by atoms with Crippen molar-refractivity contribution in [3.63, 3.8) is 0 Å². The van der Waals surface area contributed by atoms with Gasteiger partial charge in [0.25, 0.3) is 5.91 Å². The van der Waals surface area contributed by atoms with E-state index in [1.165, 1.54) is 4.90 Å². The van der Waals surface area contributed by atoms with Crippen molar-refractivity contribution in [2.24, 2.45) is 10.9 Å². The van der Waals surface area contributed by atoms with E-state index in [-0.39, 0.29) is 18.3 Å². The van der Waals surface area contributed by atoms with Crippen LogP contribution in [0.15, 0.2) is 47.6 Å². The smallest absolute Gasteiger partial charge is 0.254 e. The first kappa shape index (κ1) is 12.9. The van der Waals surface area contributed by atoms with Crippen molar-refractivity contribution in [2.75, 3.05) is 13.6 Å². The summed E-state index contributed by atoms with van der Waals surface area (Å²) in [4.78, 5) is 13.6. The summed E-state index contributed by atoms with van der Waals surface area (Å²) < 4.78 is 0. The van der Waals surface area contributed by atoms with Crippen LogP contribution in [0.2, 0.25) is 0 Å². The highest BCUT2D eigenvalue weighted by atomic mass is 16.4. The fourth-order valence-electron chi connectivity index (χ4n) is 1.89. The molecule has 1 amide bonds. The first-order valence-electron chi connectivity index (χ1n) is 5.82. The number of carbonyl (C=O) groups excluding carboxylic acids is 1. The summed E-state index contributed by atoms with van der Waals surface area (Å²) in [5.41, 5.74) is 5.96. The second-order valence-electron chi connectivity index (χ2n) is 4.31. The number of rotatable bonds is 3. The molecule has 0 spiro atoms. The Hall–Kier alpha value is -2.56. The van der Waals surface area contributed by atoms with Crippen LogP contribution in [0.4, 0.5) is 0 Å². The summed E-state index contributed by atoms with van der Waals surface area (Å²) in [6.07, 6.45) is 0. The van der Waals surface area contributed by atoms with Gasteiger partial charge in [-0.3, -0.25) is 4.79 Å². The summed E-state index contributed by atoms with van der Waals surface area (Å²) in [6, 6.07) is 13.3. The third-order valence-electron chi connectivity index (χ3n) is 2.87. The average molecular weight is 257 g/mol. The highest BCUT2D eigenvalue weighted by Crippen LogP contribution is 2.16. The van der Waals surface area contributed by atoms with Gasteiger partial charge in [0.15, 0.2) is 5.84 Å². The number of fused-ring (bicyclic) bond motifs is 1. The molecule has 0 aromatic heterocycles. The Bertz CT molecular complexity index is 637. The molecule has 0 aliphatic carbocycles. The van der Waals surface area contributed by atoms with Crippen LogP contribution in [0.1, 0.15) is 10.4 Å². The number of hydrogen-bond donors (Lipinski definition) is 2. The molecule has 2 rings (SSSR count). The minimum atomic E-state index is -0.169. The topological polar surface area (TPSA) is 78.9 Å². The third kappa shape index (κ3) is 2.82. The summed E-state index contributed by atoms with van der Waals surface area (Å²) >= 11 is 0. The van der Waals surface area contributed by atoms with Crippen molar-refractivity contribution in [1.29, 1.82) is 0 Å². The van der Waals surface area contributed by atoms with Crippen molar-refractivity contribution in [3.8, 4) is 0 Å². The number of nitrogens with zero attached hydrogens (tertiary/aromatic N) is 2. The zero-order chi connectivity index (χ0) is 13.8. The van der Waals surface area contributed by atoms with Crippen LogP contribution < -0.4 is 5.73 Å². The first-order valence-corrected chi connectivity index (χ1v) is 5.82. The maximum absolute atomic E-state index is 12.2. The lowest BCUT2D eigenvalue weighted by molar-refractivity contribution is 0.0814. The SMILES string of the molecule is CN(CC(N)=NO)C(=O)c1ccc2ccccc2c1. The summed E-state index contributed by atoms with van der Waals surface area (Å²) in [6.45, 7) is 0.0855. The van der Waals surface area contributed by atoms with E-state index in [1.54, 1.807) is 13.1 Å². The van der Waals surface area contributed by atoms with Crippen molar-refractivity contribution in [2.45, 2.75) is 0 Å². The van der Waals surface area contributed by atoms with Gasteiger partial charge in [-0.05, 0) is 22.9 Å². The number of amidine groups is 1. The Morgan fingerprint density at radius 3 is 2.63 bits per heavy atom. The lowest BCUT2D eigenvalue weighted by Gasteiger charge is -2.16. The average Bonchev–Trinajstić information content (AvgIpc) is 2.45. The molecule has 0 fully saturated rings. The molecule has 2 aromatic rings. The predicted molar refractivity (Wildman–Crippen MR) is 74.3 cm³/mol. The van der Waals surface area contributed by atoms with E-state index in [0.717, 1.165) is 10.8 Å². The Balaban J connectivity index is 2.26. The van der Waals surface area contributed by atoms with E-state index in [2.05, 4.69) is 5.16 Å². The van der Waals surface area contributed by atoms with Crippen LogP contribution in [-0.4, -0.2) is 35.4 Å². The lowest BCUT2D eigenvalue weighted by atomic mass is 10.1. The lowest BCUT2D eigenvalue weighted by Crippen LogP contribution is -2.35. The Morgan fingerprint density at radius 2 is 1.95 bits per heavy atom. The van der Waals surface area contributed by atoms with Gasteiger partial charge in [-0.25, -0.2) is 0 Å². The van der Waals surface area contributed by atoms with Gasteiger partial charge < -0.3 is 15.8 Å². The van der Waals surface area contributed by atoms with Gasteiger partial charge >= 0.3 is 0 Å². The van der Waals surface area contributed by atoms with E-state index in [1.807, 2.05) is 36.4 Å². The van der Waals surface area contributed by atoms with Gasteiger partial charge in [0.2, 0.25) is 0 Å². The zero-order valence-corrected chi connectivity index (χ0v) is 10.6. The minimum Gasteiger partial charge on any atom is -0.409 e. The summed E-state index contributed by atoms with van der Waals surface area (Å²) in [5, 5.41) is 13.4. The quantitative estimate of drug-likeness (QED) is 0.380. The van der Waals surface area contributed by atoms with Gasteiger partial charge in [-0.1, -0.05) is 35.5 Å². The number of likely N-dealkylation sites (N-methyl/N-ethyl adjacent to an activating group) is 1. The standard InChI is InChI=1S/C14H15N3O2/c1-17(9-13(15)16-19)14(18)12-7-6-10-4-2-3-5-11(10)8-12/h2-8,19H,9H2,1H3,(H2,15,16). The molecule has 3 N–H and O–H groups in total. The zero-order valence-electron chi connectivity index (χ0n) is 10.6. The molecular weight excluding hydrogens is 242 g/mol. The maximum atomic E-state index is 12.2. The van der Waals surface area contributed by atoms with E-state index < -0.39 is 0 Å². The third-order valence-corrected chi connectivity index (χ3v) is 2.87. The summed E-state index contributed by atoms with van der Waals surface area (Å²) in [7, 11) is 1.61. The number of carbonyl (C=O) groups is 1. The highest BCUT2D eigenvalue weighted by molar-refractivity contribution is 6.00. The Kier molecular flexibility index (Phi) is 3.66. The predicted octanol–water partition coefficient (Wildman–Crippen LogP) is 1.66. The first-order chi connectivity index (χ1) is 9.11. The van der Waals surface area contributed by atoms with Gasteiger partial charge in [-0.2, -0.15) is 0 Å². The van der Waals surface area contributed by atoms with E-state index in [9.17, 15) is 4.79 Å². The molecule has 2 aromatic carbocycles. The monoisotopic (exact) mass is 257 g/mol. The molecule has 5 heteroatoms. The molecule has 0 saturated heterocycles. The van der Waals surface area contributed by atoms with E-state index in [0.29, 0.717) is 5.56 Å². The molecule has 0 unspecified atom stereocenters.